The lowest BCUT2D eigenvalue weighted by atomic mass is 10.1. The smallest absolute Gasteiger partial charge is 0.129 e. The molecule has 0 amide bonds. The Kier molecular flexibility index (Phi) is 5.79. The first kappa shape index (κ1) is 14.9. The summed E-state index contributed by atoms with van der Waals surface area (Å²) in [7, 11) is 0. The van der Waals surface area contributed by atoms with E-state index in [1.165, 1.54) is 18.9 Å². The Hall–Kier alpha value is -0.450. The molecule has 0 aromatic heterocycles. The highest BCUT2D eigenvalue weighted by Crippen LogP contribution is 2.28. The lowest BCUT2D eigenvalue weighted by Crippen LogP contribution is -2.22. The van der Waals surface area contributed by atoms with Crippen LogP contribution in [0.15, 0.2) is 22.7 Å². The predicted molar refractivity (Wildman–Crippen MR) is 78.7 cm³/mol. The fourth-order valence-electron chi connectivity index (χ4n) is 1.99. The number of hydrogen-bond donors (Lipinski definition) is 1. The molecule has 1 unspecified atom stereocenters. The molecule has 1 aromatic carbocycles. The number of hydrogen-bond acceptors (Lipinski definition) is 2. The highest BCUT2D eigenvalue weighted by atomic mass is 79.9. The fraction of sp³-hybridized carbons (Fsp3) is 0.600. The molecule has 19 heavy (non-hydrogen) atoms. The highest BCUT2D eigenvalue weighted by molar-refractivity contribution is 9.10. The number of rotatable bonds is 8. The SMILES string of the molecule is CC(NCCCOCC1CC1)c1ccc(Br)cc1F. The normalized spacial score (nSPS) is 16.6. The van der Waals surface area contributed by atoms with Crippen molar-refractivity contribution in [1.29, 1.82) is 0 Å². The van der Waals surface area contributed by atoms with E-state index in [1.54, 1.807) is 0 Å². The third kappa shape index (κ3) is 5.21. The van der Waals surface area contributed by atoms with Gasteiger partial charge in [-0.15, -0.1) is 0 Å². The van der Waals surface area contributed by atoms with E-state index in [0.717, 1.165) is 36.6 Å². The molecule has 0 aliphatic heterocycles. The Morgan fingerprint density at radius 1 is 1.47 bits per heavy atom. The van der Waals surface area contributed by atoms with Gasteiger partial charge in [0.05, 0.1) is 0 Å². The quantitative estimate of drug-likeness (QED) is 0.726. The molecule has 0 heterocycles. The largest absolute Gasteiger partial charge is 0.381 e. The van der Waals surface area contributed by atoms with Crippen molar-refractivity contribution in [2.24, 2.45) is 5.92 Å². The lowest BCUT2D eigenvalue weighted by Gasteiger charge is -2.15. The summed E-state index contributed by atoms with van der Waals surface area (Å²) in [6, 6.07) is 5.22. The molecule has 106 valence electrons. The Morgan fingerprint density at radius 3 is 2.95 bits per heavy atom. The monoisotopic (exact) mass is 329 g/mol. The molecule has 2 rings (SSSR count). The van der Waals surface area contributed by atoms with Gasteiger partial charge in [0.15, 0.2) is 0 Å². The van der Waals surface area contributed by atoms with Crippen LogP contribution in [0.3, 0.4) is 0 Å². The first-order valence-electron chi connectivity index (χ1n) is 6.93. The first-order valence-corrected chi connectivity index (χ1v) is 7.72. The van der Waals surface area contributed by atoms with Crippen LogP contribution >= 0.6 is 15.9 Å². The molecule has 0 spiro atoms. The number of ether oxygens (including phenoxy) is 1. The van der Waals surface area contributed by atoms with E-state index < -0.39 is 0 Å². The topological polar surface area (TPSA) is 21.3 Å². The molecule has 0 bridgehead atoms. The molecule has 1 N–H and O–H groups in total. The maximum atomic E-state index is 13.7. The minimum atomic E-state index is -0.167. The van der Waals surface area contributed by atoms with Crippen molar-refractivity contribution in [3.63, 3.8) is 0 Å². The molecular formula is C15H21BrFNO. The van der Waals surface area contributed by atoms with Crippen LogP contribution in [0.4, 0.5) is 4.39 Å². The summed E-state index contributed by atoms with van der Waals surface area (Å²) in [6.07, 6.45) is 3.63. The molecular weight excluding hydrogens is 309 g/mol. The number of benzene rings is 1. The van der Waals surface area contributed by atoms with Crippen molar-refractivity contribution in [2.75, 3.05) is 19.8 Å². The Bertz CT molecular complexity index is 409. The summed E-state index contributed by atoms with van der Waals surface area (Å²) in [5.41, 5.74) is 0.710. The third-order valence-corrected chi connectivity index (χ3v) is 3.89. The van der Waals surface area contributed by atoms with E-state index in [4.69, 9.17) is 4.74 Å². The number of nitrogens with one attached hydrogen (secondary N) is 1. The van der Waals surface area contributed by atoms with Crippen LogP contribution in [0.25, 0.3) is 0 Å². The van der Waals surface area contributed by atoms with Crippen LogP contribution in [0, 0.1) is 11.7 Å². The van der Waals surface area contributed by atoms with E-state index in [-0.39, 0.29) is 11.9 Å². The van der Waals surface area contributed by atoms with Crippen LogP contribution in [-0.2, 0) is 4.74 Å². The van der Waals surface area contributed by atoms with Crippen molar-refractivity contribution < 1.29 is 9.13 Å². The van der Waals surface area contributed by atoms with Crippen LogP contribution in [0.2, 0.25) is 0 Å². The molecule has 1 aliphatic rings. The molecule has 4 heteroatoms. The minimum absolute atomic E-state index is 0.0246. The van der Waals surface area contributed by atoms with Gasteiger partial charge in [0.25, 0.3) is 0 Å². The summed E-state index contributed by atoms with van der Waals surface area (Å²) in [5.74, 6) is 0.656. The van der Waals surface area contributed by atoms with Crippen molar-refractivity contribution >= 4 is 15.9 Å². The average Bonchev–Trinajstić information content (AvgIpc) is 3.17. The summed E-state index contributed by atoms with van der Waals surface area (Å²) >= 11 is 3.27. The average molecular weight is 330 g/mol. The van der Waals surface area contributed by atoms with Crippen LogP contribution in [0.5, 0.6) is 0 Å². The lowest BCUT2D eigenvalue weighted by molar-refractivity contribution is 0.121. The zero-order valence-electron chi connectivity index (χ0n) is 11.3. The second-order valence-corrected chi connectivity index (χ2v) is 6.13. The second-order valence-electron chi connectivity index (χ2n) is 5.21. The first-order chi connectivity index (χ1) is 9.16. The summed E-state index contributed by atoms with van der Waals surface area (Å²) in [6.45, 7) is 4.54. The Morgan fingerprint density at radius 2 is 2.26 bits per heavy atom. The second kappa shape index (κ2) is 7.36. The molecule has 0 saturated heterocycles. The summed E-state index contributed by atoms with van der Waals surface area (Å²) in [5, 5.41) is 3.33. The Labute approximate surface area is 122 Å². The van der Waals surface area contributed by atoms with Gasteiger partial charge in [-0.2, -0.15) is 0 Å². The van der Waals surface area contributed by atoms with Crippen LogP contribution in [-0.4, -0.2) is 19.8 Å². The third-order valence-electron chi connectivity index (χ3n) is 3.40. The van der Waals surface area contributed by atoms with E-state index in [9.17, 15) is 4.39 Å². The van der Waals surface area contributed by atoms with E-state index in [2.05, 4.69) is 21.2 Å². The van der Waals surface area contributed by atoms with Gasteiger partial charge in [0.1, 0.15) is 5.82 Å². The molecule has 1 fully saturated rings. The van der Waals surface area contributed by atoms with Gasteiger partial charge in [0.2, 0.25) is 0 Å². The van der Waals surface area contributed by atoms with Gasteiger partial charge in [-0.05, 0) is 50.8 Å². The minimum Gasteiger partial charge on any atom is -0.381 e. The molecule has 1 aliphatic carbocycles. The van der Waals surface area contributed by atoms with Gasteiger partial charge in [0, 0.05) is 29.3 Å². The van der Waals surface area contributed by atoms with Crippen molar-refractivity contribution in [2.45, 2.75) is 32.2 Å². The molecule has 2 nitrogen and oxygen atoms in total. The van der Waals surface area contributed by atoms with Gasteiger partial charge in [-0.3, -0.25) is 0 Å². The van der Waals surface area contributed by atoms with Crippen molar-refractivity contribution in [3.05, 3.63) is 34.1 Å². The maximum Gasteiger partial charge on any atom is 0.129 e. The van der Waals surface area contributed by atoms with Gasteiger partial charge >= 0.3 is 0 Å². The predicted octanol–water partition coefficient (Wildman–Crippen LogP) is 4.06. The van der Waals surface area contributed by atoms with Gasteiger partial charge in [-0.25, -0.2) is 4.39 Å². The fourth-order valence-corrected chi connectivity index (χ4v) is 2.32. The molecule has 1 aromatic rings. The molecule has 0 radical (unpaired) electrons. The Balaban J connectivity index is 1.63. The van der Waals surface area contributed by atoms with Crippen molar-refractivity contribution in [3.8, 4) is 0 Å². The number of halogens is 2. The summed E-state index contributed by atoms with van der Waals surface area (Å²) in [4.78, 5) is 0. The highest BCUT2D eigenvalue weighted by Gasteiger charge is 2.20. The van der Waals surface area contributed by atoms with Crippen LogP contribution in [0.1, 0.15) is 37.8 Å². The van der Waals surface area contributed by atoms with Crippen molar-refractivity contribution in [1.82, 2.24) is 5.32 Å². The zero-order chi connectivity index (χ0) is 13.7. The standard InChI is InChI=1S/C15H21BrFNO/c1-11(14-6-5-13(16)9-15(14)17)18-7-2-8-19-10-12-3-4-12/h5-6,9,11-12,18H,2-4,7-8,10H2,1H3. The summed E-state index contributed by atoms with van der Waals surface area (Å²) < 4.78 is 20.1. The molecule has 1 atom stereocenters. The zero-order valence-corrected chi connectivity index (χ0v) is 12.9. The van der Waals surface area contributed by atoms with E-state index in [1.807, 2.05) is 19.1 Å². The van der Waals surface area contributed by atoms with E-state index in [0.29, 0.717) is 5.56 Å². The van der Waals surface area contributed by atoms with Gasteiger partial charge in [-0.1, -0.05) is 22.0 Å². The molecule has 1 saturated carbocycles. The maximum absolute atomic E-state index is 13.7. The van der Waals surface area contributed by atoms with E-state index >= 15 is 0 Å². The van der Waals surface area contributed by atoms with Gasteiger partial charge < -0.3 is 10.1 Å². The van der Waals surface area contributed by atoms with Crippen LogP contribution < -0.4 is 5.32 Å².